The fourth-order valence-electron chi connectivity index (χ4n) is 0.948. The van der Waals surface area contributed by atoms with Gasteiger partial charge in [0, 0.05) is 5.56 Å². The highest BCUT2D eigenvalue weighted by Crippen LogP contribution is 2.35. The Kier molecular flexibility index (Phi) is 4.09. The van der Waals surface area contributed by atoms with Gasteiger partial charge in [-0.1, -0.05) is 50.1 Å². The van der Waals surface area contributed by atoms with Gasteiger partial charge in [0.15, 0.2) is 0 Å². The predicted molar refractivity (Wildman–Crippen MR) is 58.2 cm³/mol. The van der Waals surface area contributed by atoms with Gasteiger partial charge in [0.2, 0.25) is 0 Å². The fraction of sp³-hybridized carbons (Fsp3) is 0.333. The summed E-state index contributed by atoms with van der Waals surface area (Å²) in [5, 5.41) is 0. The topological polar surface area (TPSA) is 9.23 Å². The lowest BCUT2D eigenvalue weighted by atomic mass is 10.2. The molecule has 12 heavy (non-hydrogen) atoms. The number of hydrogen-bond donors (Lipinski definition) is 0. The Labute approximate surface area is 89.4 Å². The van der Waals surface area contributed by atoms with Gasteiger partial charge in [0.25, 0.3) is 0 Å². The maximum Gasteiger partial charge on any atom is 0.124 e. The van der Waals surface area contributed by atoms with Gasteiger partial charge < -0.3 is 4.74 Å². The Balaban J connectivity index is 2.92. The van der Waals surface area contributed by atoms with Crippen molar-refractivity contribution in [3.63, 3.8) is 0 Å². The molecule has 0 saturated carbocycles. The van der Waals surface area contributed by atoms with E-state index in [-0.39, 0.29) is 3.74 Å². The zero-order valence-electron chi connectivity index (χ0n) is 6.76. The van der Waals surface area contributed by atoms with Gasteiger partial charge in [-0.05, 0) is 13.0 Å². The van der Waals surface area contributed by atoms with Crippen LogP contribution >= 0.6 is 31.9 Å². The Bertz CT molecular complexity index is 248. The summed E-state index contributed by atoms with van der Waals surface area (Å²) in [4.78, 5) is 0. The van der Waals surface area contributed by atoms with Crippen LogP contribution in [0.1, 0.15) is 16.2 Å². The molecule has 0 atom stereocenters. The first kappa shape index (κ1) is 10.1. The molecule has 0 spiro atoms. The Morgan fingerprint density at radius 1 is 1.33 bits per heavy atom. The third-order valence-corrected chi connectivity index (χ3v) is 2.44. The van der Waals surface area contributed by atoms with Gasteiger partial charge >= 0.3 is 0 Å². The van der Waals surface area contributed by atoms with E-state index in [1.807, 2.05) is 31.2 Å². The summed E-state index contributed by atoms with van der Waals surface area (Å²) in [6, 6.07) is 7.96. The third kappa shape index (κ3) is 2.49. The molecule has 0 fully saturated rings. The quantitative estimate of drug-likeness (QED) is 0.769. The molecule has 0 N–H and O–H groups in total. The van der Waals surface area contributed by atoms with Crippen LogP contribution in [0.2, 0.25) is 0 Å². The molecular formula is C9H10Br2O. The average Bonchev–Trinajstić information content (AvgIpc) is 2.05. The highest BCUT2D eigenvalue weighted by molar-refractivity contribution is 9.24. The van der Waals surface area contributed by atoms with Crippen LogP contribution in [0.15, 0.2) is 24.3 Å². The second-order valence-electron chi connectivity index (χ2n) is 2.27. The van der Waals surface area contributed by atoms with Crippen LogP contribution in [0.25, 0.3) is 0 Å². The number of rotatable bonds is 3. The van der Waals surface area contributed by atoms with E-state index in [2.05, 4.69) is 31.9 Å². The fourth-order valence-corrected chi connectivity index (χ4v) is 1.70. The Hall–Kier alpha value is -0.0200. The van der Waals surface area contributed by atoms with Crippen LogP contribution in [-0.2, 0) is 0 Å². The number of para-hydroxylation sites is 1. The molecule has 66 valence electrons. The van der Waals surface area contributed by atoms with E-state index in [1.54, 1.807) is 0 Å². The molecule has 3 heteroatoms. The minimum Gasteiger partial charge on any atom is -0.494 e. The van der Waals surface area contributed by atoms with Crippen molar-refractivity contribution in [1.29, 1.82) is 0 Å². The Morgan fingerprint density at radius 3 is 2.58 bits per heavy atom. The predicted octanol–water partition coefficient (Wildman–Crippen LogP) is 3.87. The van der Waals surface area contributed by atoms with E-state index >= 15 is 0 Å². The summed E-state index contributed by atoms with van der Waals surface area (Å²) in [5.74, 6) is 0.929. The minimum absolute atomic E-state index is 0.160. The zero-order valence-corrected chi connectivity index (χ0v) is 9.93. The second kappa shape index (κ2) is 4.87. The van der Waals surface area contributed by atoms with Crippen LogP contribution in [0.4, 0.5) is 0 Å². The molecule has 0 radical (unpaired) electrons. The summed E-state index contributed by atoms with van der Waals surface area (Å²) in [5.41, 5.74) is 1.12. The lowest BCUT2D eigenvalue weighted by molar-refractivity contribution is 0.337. The molecule has 0 aromatic heterocycles. The van der Waals surface area contributed by atoms with Crippen molar-refractivity contribution in [2.45, 2.75) is 10.7 Å². The molecule has 0 heterocycles. The normalized spacial score (nSPS) is 10.3. The zero-order chi connectivity index (χ0) is 8.97. The van der Waals surface area contributed by atoms with Crippen LogP contribution < -0.4 is 4.74 Å². The molecule has 0 aliphatic carbocycles. The standard InChI is InChI=1S/C9H10Br2O/c1-2-12-8-6-4-3-5-7(8)9(10)11/h3-6,9H,2H2,1H3. The van der Waals surface area contributed by atoms with Crippen molar-refractivity contribution in [2.75, 3.05) is 6.61 Å². The number of halogens is 2. The SMILES string of the molecule is CCOc1ccccc1C(Br)Br. The molecule has 0 amide bonds. The van der Waals surface area contributed by atoms with Gasteiger partial charge in [-0.3, -0.25) is 0 Å². The van der Waals surface area contributed by atoms with Crippen LogP contribution in [0.3, 0.4) is 0 Å². The molecule has 1 aromatic carbocycles. The Morgan fingerprint density at radius 2 is 2.00 bits per heavy atom. The molecule has 1 aromatic rings. The van der Waals surface area contributed by atoms with E-state index in [9.17, 15) is 0 Å². The molecule has 0 aliphatic rings. The number of hydrogen-bond acceptors (Lipinski definition) is 1. The molecule has 1 nitrogen and oxygen atoms in total. The van der Waals surface area contributed by atoms with Crippen LogP contribution in [-0.4, -0.2) is 6.61 Å². The van der Waals surface area contributed by atoms with E-state index in [0.717, 1.165) is 11.3 Å². The highest BCUT2D eigenvalue weighted by Gasteiger charge is 2.07. The number of benzene rings is 1. The summed E-state index contributed by atoms with van der Waals surface area (Å²) >= 11 is 6.88. The number of alkyl halides is 2. The van der Waals surface area contributed by atoms with Crippen molar-refractivity contribution in [3.05, 3.63) is 29.8 Å². The summed E-state index contributed by atoms with van der Waals surface area (Å²) < 4.78 is 5.60. The van der Waals surface area contributed by atoms with Crippen molar-refractivity contribution >= 4 is 31.9 Å². The maximum atomic E-state index is 5.44. The van der Waals surface area contributed by atoms with Crippen molar-refractivity contribution in [2.24, 2.45) is 0 Å². The first-order chi connectivity index (χ1) is 5.75. The van der Waals surface area contributed by atoms with Gasteiger partial charge in [-0.15, -0.1) is 0 Å². The van der Waals surface area contributed by atoms with Crippen LogP contribution in [0.5, 0.6) is 5.75 Å². The van der Waals surface area contributed by atoms with Gasteiger partial charge in [-0.2, -0.15) is 0 Å². The van der Waals surface area contributed by atoms with E-state index in [0.29, 0.717) is 6.61 Å². The smallest absolute Gasteiger partial charge is 0.124 e. The molecule has 0 saturated heterocycles. The minimum atomic E-state index is 0.160. The molecular weight excluding hydrogens is 284 g/mol. The van der Waals surface area contributed by atoms with Gasteiger partial charge in [0.05, 0.1) is 10.3 Å². The highest BCUT2D eigenvalue weighted by atomic mass is 79.9. The molecule has 0 unspecified atom stereocenters. The third-order valence-electron chi connectivity index (χ3n) is 1.45. The van der Waals surface area contributed by atoms with Gasteiger partial charge in [0.1, 0.15) is 5.75 Å². The van der Waals surface area contributed by atoms with Crippen molar-refractivity contribution in [3.8, 4) is 5.75 Å². The second-order valence-corrected chi connectivity index (χ2v) is 5.33. The summed E-state index contributed by atoms with van der Waals surface area (Å²) in [6.07, 6.45) is 0. The first-order valence-electron chi connectivity index (χ1n) is 3.75. The molecule has 1 rings (SSSR count). The molecule has 0 aliphatic heterocycles. The summed E-state index contributed by atoms with van der Waals surface area (Å²) in [7, 11) is 0. The molecule has 0 bridgehead atoms. The maximum absolute atomic E-state index is 5.44. The summed E-state index contributed by atoms with van der Waals surface area (Å²) in [6.45, 7) is 2.68. The van der Waals surface area contributed by atoms with E-state index < -0.39 is 0 Å². The van der Waals surface area contributed by atoms with E-state index in [4.69, 9.17) is 4.74 Å². The van der Waals surface area contributed by atoms with E-state index in [1.165, 1.54) is 0 Å². The average molecular weight is 294 g/mol. The van der Waals surface area contributed by atoms with Crippen molar-refractivity contribution < 1.29 is 4.74 Å². The van der Waals surface area contributed by atoms with Crippen LogP contribution in [0, 0.1) is 0 Å². The monoisotopic (exact) mass is 292 g/mol. The lowest BCUT2D eigenvalue weighted by Crippen LogP contribution is -1.95. The van der Waals surface area contributed by atoms with Crippen molar-refractivity contribution in [1.82, 2.24) is 0 Å². The first-order valence-corrected chi connectivity index (χ1v) is 5.58. The lowest BCUT2D eigenvalue weighted by Gasteiger charge is -2.09. The number of ether oxygens (including phenoxy) is 1. The van der Waals surface area contributed by atoms with Gasteiger partial charge in [-0.25, -0.2) is 0 Å². The largest absolute Gasteiger partial charge is 0.494 e.